The van der Waals surface area contributed by atoms with Crippen LogP contribution >= 0.6 is 11.6 Å². The van der Waals surface area contributed by atoms with Crippen LogP contribution in [0.4, 0.5) is 4.39 Å². The molecule has 3 nitrogen and oxygen atoms in total. The van der Waals surface area contributed by atoms with Gasteiger partial charge in [-0.3, -0.25) is 4.98 Å². The minimum Gasteiger partial charge on any atom is -0.489 e. The maximum absolute atomic E-state index is 13.0. The number of hydrogen-bond acceptors (Lipinski definition) is 3. The lowest BCUT2D eigenvalue weighted by molar-refractivity contribution is 0.301. The van der Waals surface area contributed by atoms with E-state index in [2.05, 4.69) is 4.98 Å². The van der Waals surface area contributed by atoms with Gasteiger partial charge in [0.1, 0.15) is 18.2 Å². The van der Waals surface area contributed by atoms with Crippen LogP contribution in [0.25, 0.3) is 0 Å². The zero-order chi connectivity index (χ0) is 14.5. The Balaban J connectivity index is 2.12. The highest BCUT2D eigenvalue weighted by atomic mass is 35.5. The van der Waals surface area contributed by atoms with Crippen molar-refractivity contribution >= 4 is 11.6 Å². The number of ether oxygens (including phenoxy) is 1. The lowest BCUT2D eigenvalue weighted by Gasteiger charge is -2.13. The van der Waals surface area contributed by atoms with Gasteiger partial charge in [-0.15, -0.1) is 0 Å². The normalized spacial score (nSPS) is 12.2. The van der Waals surface area contributed by atoms with E-state index in [0.717, 1.165) is 11.8 Å². The van der Waals surface area contributed by atoms with Gasteiger partial charge in [-0.25, -0.2) is 4.39 Å². The summed E-state index contributed by atoms with van der Waals surface area (Å²) < 4.78 is 18.8. The summed E-state index contributed by atoms with van der Waals surface area (Å²) in [5, 5.41) is 0.639. The lowest BCUT2D eigenvalue weighted by atomic mass is 10.1. The van der Waals surface area contributed by atoms with Crippen molar-refractivity contribution in [2.45, 2.75) is 26.0 Å². The molecule has 0 aliphatic carbocycles. The molecular formula is C15H16ClFN2O. The summed E-state index contributed by atoms with van der Waals surface area (Å²) in [6.07, 6.45) is 3.40. The standard InChI is InChI=1S/C15H16ClFN2O/c1-10(18)4-12-6-13(16)2-3-15(12)20-9-11-5-14(17)8-19-7-11/h2-3,5-8,10H,4,9,18H2,1H3. The molecule has 2 aromatic rings. The van der Waals surface area contributed by atoms with Crippen molar-refractivity contribution in [3.05, 3.63) is 58.6 Å². The molecule has 0 saturated heterocycles. The van der Waals surface area contributed by atoms with E-state index in [4.69, 9.17) is 22.1 Å². The van der Waals surface area contributed by atoms with Crippen LogP contribution in [0.2, 0.25) is 5.02 Å². The van der Waals surface area contributed by atoms with E-state index < -0.39 is 0 Å². The first kappa shape index (κ1) is 14.8. The smallest absolute Gasteiger partial charge is 0.141 e. The first-order chi connectivity index (χ1) is 9.54. The Labute approximate surface area is 122 Å². The van der Waals surface area contributed by atoms with Gasteiger partial charge < -0.3 is 10.5 Å². The van der Waals surface area contributed by atoms with Crippen molar-refractivity contribution in [2.75, 3.05) is 0 Å². The average Bonchev–Trinajstić information content (AvgIpc) is 2.37. The molecule has 106 valence electrons. The van der Waals surface area contributed by atoms with Gasteiger partial charge in [0.2, 0.25) is 0 Å². The molecule has 5 heteroatoms. The van der Waals surface area contributed by atoms with Crippen molar-refractivity contribution in [3.8, 4) is 5.75 Å². The second-order valence-electron chi connectivity index (χ2n) is 4.73. The quantitative estimate of drug-likeness (QED) is 0.920. The average molecular weight is 295 g/mol. The van der Waals surface area contributed by atoms with Gasteiger partial charge in [-0.2, -0.15) is 0 Å². The van der Waals surface area contributed by atoms with Gasteiger partial charge in [-0.05, 0) is 43.2 Å². The van der Waals surface area contributed by atoms with Crippen molar-refractivity contribution < 1.29 is 9.13 Å². The third-order valence-electron chi connectivity index (χ3n) is 2.72. The molecule has 0 radical (unpaired) electrons. The summed E-state index contributed by atoms with van der Waals surface area (Å²) in [4.78, 5) is 3.79. The molecule has 1 unspecified atom stereocenters. The Hall–Kier alpha value is -1.65. The number of pyridine rings is 1. The minimum atomic E-state index is -0.377. The van der Waals surface area contributed by atoms with E-state index in [1.54, 1.807) is 18.3 Å². The first-order valence-corrected chi connectivity index (χ1v) is 6.68. The van der Waals surface area contributed by atoms with Crippen LogP contribution < -0.4 is 10.5 Å². The van der Waals surface area contributed by atoms with Gasteiger partial charge in [0.05, 0.1) is 6.20 Å². The van der Waals surface area contributed by atoms with Crippen LogP contribution in [0.15, 0.2) is 36.7 Å². The van der Waals surface area contributed by atoms with Crippen LogP contribution in [0.1, 0.15) is 18.1 Å². The molecule has 0 amide bonds. The number of nitrogens with two attached hydrogens (primary N) is 1. The van der Waals surface area contributed by atoms with Crippen molar-refractivity contribution in [1.82, 2.24) is 4.98 Å². The van der Waals surface area contributed by atoms with Crippen molar-refractivity contribution in [3.63, 3.8) is 0 Å². The second kappa shape index (κ2) is 6.68. The van der Waals surface area contributed by atoms with Crippen LogP contribution in [-0.4, -0.2) is 11.0 Å². The molecular weight excluding hydrogens is 279 g/mol. The van der Waals surface area contributed by atoms with Crippen molar-refractivity contribution in [1.29, 1.82) is 0 Å². The number of nitrogens with zero attached hydrogens (tertiary/aromatic N) is 1. The Morgan fingerprint density at radius 2 is 2.15 bits per heavy atom. The first-order valence-electron chi connectivity index (χ1n) is 6.31. The van der Waals surface area contributed by atoms with Gasteiger partial charge in [-0.1, -0.05) is 11.6 Å². The van der Waals surface area contributed by atoms with E-state index in [9.17, 15) is 4.39 Å². The van der Waals surface area contributed by atoms with E-state index >= 15 is 0 Å². The summed E-state index contributed by atoms with van der Waals surface area (Å²) in [6, 6.07) is 6.79. The van der Waals surface area contributed by atoms with Gasteiger partial charge in [0.25, 0.3) is 0 Å². The Morgan fingerprint density at radius 1 is 1.35 bits per heavy atom. The highest BCUT2D eigenvalue weighted by molar-refractivity contribution is 6.30. The molecule has 1 aromatic heterocycles. The molecule has 1 aromatic carbocycles. The van der Waals surface area contributed by atoms with E-state index in [1.807, 2.05) is 13.0 Å². The summed E-state index contributed by atoms with van der Waals surface area (Å²) in [7, 11) is 0. The fraction of sp³-hybridized carbons (Fsp3) is 0.267. The molecule has 0 aliphatic rings. The molecule has 2 N–H and O–H groups in total. The van der Waals surface area contributed by atoms with Crippen LogP contribution in [0.5, 0.6) is 5.75 Å². The van der Waals surface area contributed by atoms with E-state index in [-0.39, 0.29) is 18.5 Å². The topological polar surface area (TPSA) is 48.1 Å². The van der Waals surface area contributed by atoms with Gasteiger partial charge in [0, 0.05) is 22.8 Å². The number of benzene rings is 1. The summed E-state index contributed by atoms with van der Waals surface area (Å²) in [6.45, 7) is 2.17. The number of hydrogen-bond donors (Lipinski definition) is 1. The molecule has 0 fully saturated rings. The molecule has 0 spiro atoms. The third kappa shape index (κ3) is 4.18. The molecule has 0 saturated carbocycles. The Bertz CT molecular complexity index is 590. The van der Waals surface area contributed by atoms with E-state index in [1.165, 1.54) is 6.07 Å². The zero-order valence-electron chi connectivity index (χ0n) is 11.1. The second-order valence-corrected chi connectivity index (χ2v) is 5.17. The van der Waals surface area contributed by atoms with Crippen LogP contribution in [-0.2, 0) is 13.0 Å². The number of aromatic nitrogens is 1. The monoisotopic (exact) mass is 294 g/mol. The molecule has 1 atom stereocenters. The third-order valence-corrected chi connectivity index (χ3v) is 2.96. The zero-order valence-corrected chi connectivity index (χ0v) is 11.9. The maximum atomic E-state index is 13.0. The van der Waals surface area contributed by atoms with Gasteiger partial charge in [0.15, 0.2) is 0 Å². The summed E-state index contributed by atoms with van der Waals surface area (Å²) in [5.74, 6) is 0.328. The molecule has 0 aliphatic heterocycles. The lowest BCUT2D eigenvalue weighted by Crippen LogP contribution is -2.18. The highest BCUT2D eigenvalue weighted by Gasteiger charge is 2.08. The number of rotatable bonds is 5. The van der Waals surface area contributed by atoms with Gasteiger partial charge >= 0.3 is 0 Å². The minimum absolute atomic E-state index is 0.00616. The van der Waals surface area contributed by atoms with Crippen LogP contribution in [0.3, 0.4) is 0 Å². The fourth-order valence-corrected chi connectivity index (χ4v) is 2.09. The largest absolute Gasteiger partial charge is 0.489 e. The number of halogens is 2. The molecule has 1 heterocycles. The summed E-state index contributed by atoms with van der Waals surface area (Å²) in [5.41, 5.74) is 7.43. The molecule has 2 rings (SSSR count). The van der Waals surface area contributed by atoms with E-state index in [0.29, 0.717) is 22.8 Å². The highest BCUT2D eigenvalue weighted by Crippen LogP contribution is 2.25. The maximum Gasteiger partial charge on any atom is 0.141 e. The predicted octanol–water partition coefficient (Wildman–Crippen LogP) is 3.34. The molecule has 20 heavy (non-hydrogen) atoms. The summed E-state index contributed by atoms with van der Waals surface area (Å²) >= 11 is 5.98. The SMILES string of the molecule is CC(N)Cc1cc(Cl)ccc1OCc1cncc(F)c1. The van der Waals surface area contributed by atoms with Crippen LogP contribution in [0, 0.1) is 5.82 Å². The Morgan fingerprint density at radius 3 is 2.85 bits per heavy atom. The molecule has 0 bridgehead atoms. The Kier molecular flexibility index (Phi) is 4.93. The van der Waals surface area contributed by atoms with Crippen molar-refractivity contribution in [2.24, 2.45) is 5.73 Å². The predicted molar refractivity (Wildman–Crippen MR) is 77.3 cm³/mol. The fourth-order valence-electron chi connectivity index (χ4n) is 1.89.